The Kier molecular flexibility index (Phi) is 6.84. The topological polar surface area (TPSA) is 85.2 Å². The molecule has 0 unspecified atom stereocenters. The third kappa shape index (κ3) is 5.45. The molecule has 1 N–H and O–H groups in total. The number of amides is 1. The van der Waals surface area contributed by atoms with Gasteiger partial charge in [0.2, 0.25) is 0 Å². The lowest BCUT2D eigenvalue weighted by atomic mass is 10.1. The number of pyridine rings is 1. The first-order chi connectivity index (χ1) is 14.4. The molecule has 0 spiro atoms. The summed E-state index contributed by atoms with van der Waals surface area (Å²) >= 11 is 0. The molecule has 0 radical (unpaired) electrons. The largest absolute Gasteiger partial charge is 0.352 e. The highest BCUT2D eigenvalue weighted by Gasteiger charge is 2.15. The molecular formula is C23H24N2O4S. The molecule has 7 heteroatoms. The molecule has 3 aromatic rings. The SMILES string of the molecule is Cc1cccc(Cn2cccc(C(=O)NCCCS(=O)(=O)c3ccccc3)c2=O)c1. The summed E-state index contributed by atoms with van der Waals surface area (Å²) in [5, 5.41) is 2.65. The van der Waals surface area contributed by atoms with Crippen LogP contribution in [0.3, 0.4) is 0 Å². The van der Waals surface area contributed by atoms with Gasteiger partial charge in [0.05, 0.1) is 17.2 Å². The summed E-state index contributed by atoms with van der Waals surface area (Å²) < 4.78 is 26.0. The number of carbonyl (C=O) groups is 1. The van der Waals surface area contributed by atoms with Gasteiger partial charge in [-0.05, 0) is 43.2 Å². The van der Waals surface area contributed by atoms with E-state index in [4.69, 9.17) is 0 Å². The first kappa shape index (κ1) is 21.5. The van der Waals surface area contributed by atoms with Crippen molar-refractivity contribution in [1.82, 2.24) is 9.88 Å². The molecule has 0 aliphatic heterocycles. The molecule has 0 aliphatic carbocycles. The van der Waals surface area contributed by atoms with Crippen LogP contribution in [0.15, 0.2) is 82.6 Å². The summed E-state index contributed by atoms with van der Waals surface area (Å²) in [6.45, 7) is 2.52. The van der Waals surface area contributed by atoms with E-state index < -0.39 is 15.7 Å². The van der Waals surface area contributed by atoms with Crippen LogP contribution in [0.25, 0.3) is 0 Å². The number of sulfone groups is 1. The van der Waals surface area contributed by atoms with Gasteiger partial charge in [-0.15, -0.1) is 0 Å². The van der Waals surface area contributed by atoms with Crippen LogP contribution >= 0.6 is 0 Å². The first-order valence-electron chi connectivity index (χ1n) is 9.68. The summed E-state index contributed by atoms with van der Waals surface area (Å²) in [5.41, 5.74) is 1.73. The van der Waals surface area contributed by atoms with Crippen molar-refractivity contribution in [3.05, 3.63) is 100.0 Å². The molecule has 0 saturated carbocycles. The maximum atomic E-state index is 12.7. The number of nitrogens with zero attached hydrogens (tertiary/aromatic N) is 1. The van der Waals surface area contributed by atoms with E-state index in [-0.39, 0.29) is 34.7 Å². The molecule has 6 nitrogen and oxygen atoms in total. The second-order valence-corrected chi connectivity index (χ2v) is 9.19. The Morgan fingerprint density at radius 1 is 1.00 bits per heavy atom. The van der Waals surface area contributed by atoms with Crippen molar-refractivity contribution in [2.45, 2.75) is 24.8 Å². The van der Waals surface area contributed by atoms with Crippen LogP contribution in [0.4, 0.5) is 0 Å². The van der Waals surface area contributed by atoms with Gasteiger partial charge in [-0.2, -0.15) is 0 Å². The number of benzene rings is 2. The number of hydrogen-bond donors (Lipinski definition) is 1. The normalized spacial score (nSPS) is 11.2. The van der Waals surface area contributed by atoms with Crippen molar-refractivity contribution >= 4 is 15.7 Å². The fourth-order valence-electron chi connectivity index (χ4n) is 3.15. The molecule has 3 rings (SSSR count). The van der Waals surface area contributed by atoms with Crippen molar-refractivity contribution in [1.29, 1.82) is 0 Å². The maximum absolute atomic E-state index is 12.7. The highest BCUT2D eigenvalue weighted by atomic mass is 32.2. The summed E-state index contributed by atoms with van der Waals surface area (Å²) in [5.74, 6) is -0.584. The zero-order chi connectivity index (χ0) is 21.6. The minimum atomic E-state index is -3.39. The average molecular weight is 425 g/mol. The summed E-state index contributed by atoms with van der Waals surface area (Å²) in [6.07, 6.45) is 1.90. The zero-order valence-electron chi connectivity index (χ0n) is 16.7. The number of aryl methyl sites for hydroxylation is 1. The molecule has 1 aromatic heterocycles. The fraction of sp³-hybridized carbons (Fsp3) is 0.217. The van der Waals surface area contributed by atoms with E-state index in [1.54, 1.807) is 42.6 Å². The fourth-order valence-corrected chi connectivity index (χ4v) is 4.48. The van der Waals surface area contributed by atoms with Crippen LogP contribution in [-0.4, -0.2) is 31.2 Å². The van der Waals surface area contributed by atoms with Gasteiger partial charge in [0.1, 0.15) is 5.56 Å². The van der Waals surface area contributed by atoms with Crippen molar-refractivity contribution in [2.24, 2.45) is 0 Å². The van der Waals surface area contributed by atoms with E-state index in [9.17, 15) is 18.0 Å². The van der Waals surface area contributed by atoms with Gasteiger partial charge in [-0.25, -0.2) is 8.42 Å². The summed E-state index contributed by atoms with van der Waals surface area (Å²) in [4.78, 5) is 25.4. The van der Waals surface area contributed by atoms with E-state index in [1.165, 1.54) is 10.6 Å². The molecule has 0 saturated heterocycles. The lowest BCUT2D eigenvalue weighted by molar-refractivity contribution is 0.0951. The minimum absolute atomic E-state index is 0.0380. The highest BCUT2D eigenvalue weighted by Crippen LogP contribution is 2.11. The van der Waals surface area contributed by atoms with Crippen molar-refractivity contribution in [3.8, 4) is 0 Å². The van der Waals surface area contributed by atoms with E-state index in [0.717, 1.165) is 11.1 Å². The molecule has 0 aliphatic rings. The van der Waals surface area contributed by atoms with Crippen LogP contribution in [0.5, 0.6) is 0 Å². The van der Waals surface area contributed by atoms with Crippen LogP contribution < -0.4 is 10.9 Å². The quantitative estimate of drug-likeness (QED) is 0.564. The number of carbonyl (C=O) groups excluding carboxylic acids is 1. The van der Waals surface area contributed by atoms with Crippen molar-refractivity contribution < 1.29 is 13.2 Å². The Balaban J connectivity index is 1.60. The monoisotopic (exact) mass is 424 g/mol. The lowest BCUT2D eigenvalue weighted by Gasteiger charge is -2.10. The number of nitrogens with one attached hydrogen (secondary N) is 1. The number of aromatic nitrogens is 1. The molecule has 1 amide bonds. The van der Waals surface area contributed by atoms with Gasteiger partial charge in [0.25, 0.3) is 11.5 Å². The molecule has 30 heavy (non-hydrogen) atoms. The molecule has 156 valence electrons. The van der Waals surface area contributed by atoms with Gasteiger partial charge in [-0.1, -0.05) is 48.0 Å². The van der Waals surface area contributed by atoms with Gasteiger partial charge >= 0.3 is 0 Å². The lowest BCUT2D eigenvalue weighted by Crippen LogP contribution is -2.33. The van der Waals surface area contributed by atoms with E-state index >= 15 is 0 Å². The van der Waals surface area contributed by atoms with Crippen LogP contribution in [0.2, 0.25) is 0 Å². The maximum Gasteiger partial charge on any atom is 0.263 e. The minimum Gasteiger partial charge on any atom is -0.352 e. The van der Waals surface area contributed by atoms with Crippen molar-refractivity contribution in [2.75, 3.05) is 12.3 Å². The molecule has 1 heterocycles. The highest BCUT2D eigenvalue weighted by molar-refractivity contribution is 7.91. The van der Waals surface area contributed by atoms with Crippen LogP contribution in [0, 0.1) is 6.92 Å². The summed E-state index contributed by atoms with van der Waals surface area (Å²) in [7, 11) is -3.39. The van der Waals surface area contributed by atoms with Gasteiger partial charge in [0, 0.05) is 12.7 Å². The Bertz CT molecular complexity index is 1190. The smallest absolute Gasteiger partial charge is 0.263 e. The van der Waals surface area contributed by atoms with E-state index in [0.29, 0.717) is 6.54 Å². The average Bonchev–Trinajstić information content (AvgIpc) is 2.73. The predicted molar refractivity (Wildman–Crippen MR) is 116 cm³/mol. The third-order valence-corrected chi connectivity index (χ3v) is 6.49. The molecule has 0 atom stereocenters. The number of hydrogen-bond acceptors (Lipinski definition) is 4. The van der Waals surface area contributed by atoms with Crippen molar-refractivity contribution in [3.63, 3.8) is 0 Å². The van der Waals surface area contributed by atoms with Gasteiger partial charge < -0.3 is 9.88 Å². The Morgan fingerprint density at radius 3 is 2.50 bits per heavy atom. The Labute approximate surface area is 176 Å². The standard InChI is InChI=1S/C23H24N2O4S/c1-18-8-5-9-19(16-18)17-25-14-6-12-21(23(25)27)22(26)24-13-7-15-30(28,29)20-10-3-2-4-11-20/h2-6,8-12,14,16H,7,13,15,17H2,1H3,(H,24,26). The number of rotatable bonds is 8. The zero-order valence-corrected chi connectivity index (χ0v) is 17.6. The van der Waals surface area contributed by atoms with Crippen LogP contribution in [-0.2, 0) is 16.4 Å². The van der Waals surface area contributed by atoms with Crippen LogP contribution in [0.1, 0.15) is 27.9 Å². The van der Waals surface area contributed by atoms with E-state index in [1.807, 2.05) is 31.2 Å². The third-order valence-electron chi connectivity index (χ3n) is 4.68. The second-order valence-electron chi connectivity index (χ2n) is 7.09. The van der Waals surface area contributed by atoms with Gasteiger partial charge in [-0.3, -0.25) is 9.59 Å². The summed E-state index contributed by atoms with van der Waals surface area (Å²) in [6, 6.07) is 19.2. The first-order valence-corrected chi connectivity index (χ1v) is 11.3. The molecule has 0 bridgehead atoms. The molecular weight excluding hydrogens is 400 g/mol. The predicted octanol–water partition coefficient (Wildman–Crippen LogP) is 2.80. The Morgan fingerprint density at radius 2 is 1.77 bits per heavy atom. The van der Waals surface area contributed by atoms with Gasteiger partial charge in [0.15, 0.2) is 9.84 Å². The Hall–Kier alpha value is -3.19. The molecule has 2 aromatic carbocycles. The van der Waals surface area contributed by atoms with E-state index in [2.05, 4.69) is 5.32 Å². The molecule has 0 fully saturated rings. The second kappa shape index (κ2) is 9.54.